The van der Waals surface area contributed by atoms with Gasteiger partial charge in [0.15, 0.2) is 0 Å². The number of esters is 1. The van der Waals surface area contributed by atoms with Gasteiger partial charge in [0.05, 0.1) is 19.6 Å². The Balaban J connectivity index is 2.53. The van der Waals surface area contributed by atoms with Crippen LogP contribution < -0.4 is 10.1 Å². The van der Waals surface area contributed by atoms with Crippen LogP contribution in [0, 0.1) is 21.4 Å². The zero-order chi connectivity index (χ0) is 18.8. The van der Waals surface area contributed by atoms with Crippen molar-refractivity contribution < 1.29 is 19.2 Å². The third-order valence-electron chi connectivity index (χ3n) is 4.69. The van der Waals surface area contributed by atoms with Crippen LogP contribution >= 0.6 is 0 Å². The van der Waals surface area contributed by atoms with E-state index in [1.54, 1.807) is 25.1 Å². The largest absolute Gasteiger partial charge is 0.496 e. The summed E-state index contributed by atoms with van der Waals surface area (Å²) < 4.78 is 10.5. The SMILES string of the molecule is CCOC(=O)C1NC(c2ccccc2OC)C([N+](=O)[O-])C1C(C)(C)C. The number of carbonyl (C=O) groups is 1. The first-order valence-corrected chi connectivity index (χ1v) is 8.41. The monoisotopic (exact) mass is 350 g/mol. The van der Waals surface area contributed by atoms with Crippen LogP contribution in [0.1, 0.15) is 39.3 Å². The van der Waals surface area contributed by atoms with Crippen molar-refractivity contribution in [3.05, 3.63) is 39.9 Å². The first-order chi connectivity index (χ1) is 11.7. The van der Waals surface area contributed by atoms with Crippen molar-refractivity contribution in [3.63, 3.8) is 0 Å². The van der Waals surface area contributed by atoms with Crippen LogP contribution in [0.2, 0.25) is 0 Å². The molecule has 7 heteroatoms. The van der Waals surface area contributed by atoms with Crippen LogP contribution in [0.4, 0.5) is 0 Å². The van der Waals surface area contributed by atoms with Crippen LogP contribution in [0.3, 0.4) is 0 Å². The summed E-state index contributed by atoms with van der Waals surface area (Å²) in [6.07, 6.45) is 0. The van der Waals surface area contributed by atoms with E-state index in [1.165, 1.54) is 7.11 Å². The number of nitrogens with zero attached hydrogens (tertiary/aromatic N) is 1. The standard InChI is InChI=1S/C18H26N2O5/c1-6-25-17(21)15-13(18(2,3)4)16(20(22)23)14(19-15)11-9-7-8-10-12(11)24-5/h7-10,13-16,19H,6H2,1-5H3. The number of benzene rings is 1. The molecule has 0 aromatic heterocycles. The average molecular weight is 350 g/mol. The van der Waals surface area contributed by atoms with E-state index in [2.05, 4.69) is 5.32 Å². The molecule has 25 heavy (non-hydrogen) atoms. The fraction of sp³-hybridized carbons (Fsp3) is 0.611. The number of rotatable bonds is 5. The van der Waals surface area contributed by atoms with E-state index in [-0.39, 0.29) is 11.5 Å². The van der Waals surface area contributed by atoms with Crippen molar-refractivity contribution in [2.45, 2.75) is 45.8 Å². The van der Waals surface area contributed by atoms with E-state index in [4.69, 9.17) is 9.47 Å². The highest BCUT2D eigenvalue weighted by atomic mass is 16.6. The normalized spacial score (nSPS) is 26.3. The van der Waals surface area contributed by atoms with Crippen LogP contribution in [-0.2, 0) is 9.53 Å². The smallest absolute Gasteiger partial charge is 0.323 e. The van der Waals surface area contributed by atoms with Gasteiger partial charge in [-0.2, -0.15) is 0 Å². The van der Waals surface area contributed by atoms with Crippen molar-refractivity contribution in [2.24, 2.45) is 11.3 Å². The molecule has 0 aliphatic carbocycles. The molecule has 0 radical (unpaired) electrons. The fourth-order valence-electron chi connectivity index (χ4n) is 3.71. The molecule has 1 fully saturated rings. The second-order valence-corrected chi connectivity index (χ2v) is 7.28. The highest BCUT2D eigenvalue weighted by molar-refractivity contribution is 5.77. The van der Waals surface area contributed by atoms with Crippen molar-refractivity contribution in [1.82, 2.24) is 5.32 Å². The van der Waals surface area contributed by atoms with Gasteiger partial charge in [0.1, 0.15) is 17.8 Å². The molecule has 0 amide bonds. The first kappa shape index (κ1) is 19.2. The Labute approximate surface area is 147 Å². The zero-order valence-corrected chi connectivity index (χ0v) is 15.3. The Morgan fingerprint density at radius 2 is 1.96 bits per heavy atom. The van der Waals surface area contributed by atoms with E-state index in [0.717, 1.165) is 0 Å². The third kappa shape index (κ3) is 3.76. The average Bonchev–Trinajstić information content (AvgIpc) is 2.96. The lowest BCUT2D eigenvalue weighted by atomic mass is 9.73. The van der Waals surface area contributed by atoms with Crippen molar-refractivity contribution >= 4 is 5.97 Å². The van der Waals surface area contributed by atoms with Crippen LogP contribution in [0.15, 0.2) is 24.3 Å². The van der Waals surface area contributed by atoms with E-state index in [1.807, 2.05) is 26.8 Å². The van der Waals surface area contributed by atoms with Gasteiger partial charge in [-0.1, -0.05) is 39.0 Å². The van der Waals surface area contributed by atoms with E-state index >= 15 is 0 Å². The highest BCUT2D eigenvalue weighted by Gasteiger charge is 2.58. The summed E-state index contributed by atoms with van der Waals surface area (Å²) in [6.45, 7) is 7.68. The van der Waals surface area contributed by atoms with Crippen molar-refractivity contribution in [2.75, 3.05) is 13.7 Å². The predicted octanol–water partition coefficient (Wildman–Crippen LogP) is 2.58. The molecule has 1 saturated heterocycles. The molecule has 138 valence electrons. The van der Waals surface area contributed by atoms with Crippen LogP contribution in [0.5, 0.6) is 5.75 Å². The summed E-state index contributed by atoms with van der Waals surface area (Å²) in [5.74, 6) is -0.410. The molecule has 4 unspecified atom stereocenters. The van der Waals surface area contributed by atoms with Gasteiger partial charge in [-0.15, -0.1) is 0 Å². The molecule has 1 heterocycles. The summed E-state index contributed by atoms with van der Waals surface area (Å²) in [4.78, 5) is 24.1. The second kappa shape index (κ2) is 7.39. The molecule has 4 atom stereocenters. The lowest BCUT2D eigenvalue weighted by Crippen LogP contribution is -2.45. The second-order valence-electron chi connectivity index (χ2n) is 7.28. The molecule has 0 saturated carbocycles. The number of hydrogen-bond donors (Lipinski definition) is 1. The maximum absolute atomic E-state index is 12.5. The zero-order valence-electron chi connectivity index (χ0n) is 15.3. The molecular weight excluding hydrogens is 324 g/mol. The Morgan fingerprint density at radius 1 is 1.32 bits per heavy atom. The maximum atomic E-state index is 12.5. The number of nitrogens with one attached hydrogen (secondary N) is 1. The molecule has 2 rings (SSSR count). The van der Waals surface area contributed by atoms with E-state index in [9.17, 15) is 14.9 Å². The molecule has 1 aromatic carbocycles. The Kier molecular flexibility index (Phi) is 5.67. The van der Waals surface area contributed by atoms with Gasteiger partial charge in [0, 0.05) is 10.5 Å². The number of nitro groups is 1. The minimum absolute atomic E-state index is 0.232. The Morgan fingerprint density at radius 3 is 2.48 bits per heavy atom. The van der Waals surface area contributed by atoms with Gasteiger partial charge < -0.3 is 9.47 Å². The predicted molar refractivity (Wildman–Crippen MR) is 93.0 cm³/mol. The highest BCUT2D eigenvalue weighted by Crippen LogP contribution is 2.45. The fourth-order valence-corrected chi connectivity index (χ4v) is 3.71. The molecule has 1 N–H and O–H groups in total. The van der Waals surface area contributed by atoms with Gasteiger partial charge in [0.25, 0.3) is 0 Å². The first-order valence-electron chi connectivity index (χ1n) is 8.41. The number of methoxy groups -OCH3 is 1. The summed E-state index contributed by atoms with van der Waals surface area (Å²) in [5, 5.41) is 15.1. The number of hydrogen-bond acceptors (Lipinski definition) is 6. The Bertz CT molecular complexity index is 641. The molecule has 1 aromatic rings. The lowest BCUT2D eigenvalue weighted by Gasteiger charge is -2.31. The third-order valence-corrected chi connectivity index (χ3v) is 4.69. The van der Waals surface area contributed by atoms with Gasteiger partial charge in [-0.25, -0.2) is 0 Å². The molecule has 1 aliphatic rings. The summed E-state index contributed by atoms with van der Waals surface area (Å²) in [5.41, 5.74) is 0.214. The summed E-state index contributed by atoms with van der Waals surface area (Å²) >= 11 is 0. The van der Waals surface area contributed by atoms with Gasteiger partial charge in [-0.05, 0) is 18.4 Å². The summed E-state index contributed by atoms with van der Waals surface area (Å²) in [6, 6.07) is 4.82. The van der Waals surface area contributed by atoms with Crippen LogP contribution in [-0.4, -0.2) is 36.7 Å². The number of para-hydroxylation sites is 1. The van der Waals surface area contributed by atoms with Crippen molar-refractivity contribution in [3.8, 4) is 5.75 Å². The quantitative estimate of drug-likeness (QED) is 0.499. The van der Waals surface area contributed by atoms with Gasteiger partial charge in [0.2, 0.25) is 6.04 Å². The number of ether oxygens (including phenoxy) is 2. The maximum Gasteiger partial charge on any atom is 0.323 e. The summed E-state index contributed by atoms with van der Waals surface area (Å²) in [7, 11) is 1.53. The molecule has 7 nitrogen and oxygen atoms in total. The number of carbonyl (C=O) groups excluding carboxylic acids is 1. The van der Waals surface area contributed by atoms with E-state index < -0.39 is 35.4 Å². The van der Waals surface area contributed by atoms with Crippen molar-refractivity contribution in [1.29, 1.82) is 0 Å². The molecular formula is C18H26N2O5. The van der Waals surface area contributed by atoms with E-state index in [0.29, 0.717) is 11.3 Å². The van der Waals surface area contributed by atoms with Gasteiger partial charge in [-0.3, -0.25) is 20.2 Å². The minimum Gasteiger partial charge on any atom is -0.496 e. The van der Waals surface area contributed by atoms with Crippen LogP contribution in [0.25, 0.3) is 0 Å². The van der Waals surface area contributed by atoms with Gasteiger partial charge >= 0.3 is 5.97 Å². The Hall–Kier alpha value is -2.15. The lowest BCUT2D eigenvalue weighted by molar-refractivity contribution is -0.535. The molecule has 1 aliphatic heterocycles. The molecule has 0 bridgehead atoms. The molecule has 0 spiro atoms. The topological polar surface area (TPSA) is 90.7 Å². The minimum atomic E-state index is -0.967.